The minimum absolute atomic E-state index is 0.204. The highest BCUT2D eigenvalue weighted by Crippen LogP contribution is 2.17. The fourth-order valence-corrected chi connectivity index (χ4v) is 2.46. The van der Waals surface area contributed by atoms with Crippen molar-refractivity contribution in [3.8, 4) is 5.75 Å². The molecule has 19 heavy (non-hydrogen) atoms. The van der Waals surface area contributed by atoms with Crippen LogP contribution in [0, 0.1) is 0 Å². The van der Waals surface area contributed by atoms with Gasteiger partial charge in [0.1, 0.15) is 15.6 Å². The first-order valence-corrected chi connectivity index (χ1v) is 8.62. The number of ether oxygens (including phenoxy) is 1. The van der Waals surface area contributed by atoms with Crippen molar-refractivity contribution in [3.05, 3.63) is 29.8 Å². The Bertz CT molecular complexity index is 468. The maximum atomic E-state index is 11.0. The van der Waals surface area contributed by atoms with Crippen LogP contribution in [0.15, 0.2) is 24.3 Å². The Labute approximate surface area is 116 Å². The fourth-order valence-electron chi connectivity index (χ4n) is 1.79. The molecule has 1 atom stereocenters. The molecule has 1 rings (SSSR count). The smallest absolute Gasteiger partial charge is 0.147 e. The van der Waals surface area contributed by atoms with E-state index < -0.39 is 9.84 Å². The van der Waals surface area contributed by atoms with Crippen LogP contribution in [0.1, 0.15) is 31.9 Å². The molecule has 0 radical (unpaired) electrons. The molecular formula is C14H23NO3S. The molecule has 0 amide bonds. The van der Waals surface area contributed by atoms with Gasteiger partial charge in [-0.25, -0.2) is 8.42 Å². The van der Waals surface area contributed by atoms with Crippen molar-refractivity contribution in [3.63, 3.8) is 0 Å². The molecule has 0 bridgehead atoms. The lowest BCUT2D eigenvalue weighted by Crippen LogP contribution is -2.21. The van der Waals surface area contributed by atoms with Crippen molar-refractivity contribution in [2.24, 2.45) is 0 Å². The van der Waals surface area contributed by atoms with Gasteiger partial charge in [0, 0.05) is 12.3 Å². The maximum Gasteiger partial charge on any atom is 0.147 e. The number of rotatable bonds is 8. The Hall–Kier alpha value is -1.07. The summed E-state index contributed by atoms with van der Waals surface area (Å²) in [5.74, 6) is 1.10. The molecule has 0 fully saturated rings. The monoisotopic (exact) mass is 285 g/mol. The molecule has 0 aliphatic heterocycles. The Kier molecular flexibility index (Phi) is 6.31. The van der Waals surface area contributed by atoms with E-state index in [4.69, 9.17) is 4.74 Å². The van der Waals surface area contributed by atoms with Crippen LogP contribution in [0.25, 0.3) is 0 Å². The van der Waals surface area contributed by atoms with Crippen molar-refractivity contribution in [1.82, 2.24) is 5.32 Å². The molecule has 0 spiro atoms. The number of nitrogens with one attached hydrogen (secondary N) is 1. The molecule has 1 aromatic carbocycles. The van der Waals surface area contributed by atoms with Crippen LogP contribution in [0.2, 0.25) is 0 Å². The third kappa shape index (κ3) is 6.59. The second-order valence-electron chi connectivity index (χ2n) is 4.66. The topological polar surface area (TPSA) is 55.4 Å². The van der Waals surface area contributed by atoms with Crippen LogP contribution < -0.4 is 10.1 Å². The molecule has 5 heteroatoms. The van der Waals surface area contributed by atoms with Gasteiger partial charge in [-0.05, 0) is 44.5 Å². The molecule has 0 saturated heterocycles. The van der Waals surface area contributed by atoms with Gasteiger partial charge >= 0.3 is 0 Å². The molecule has 0 aromatic heterocycles. The van der Waals surface area contributed by atoms with E-state index in [9.17, 15) is 8.42 Å². The van der Waals surface area contributed by atoms with Crippen molar-refractivity contribution < 1.29 is 13.2 Å². The average molecular weight is 285 g/mol. The number of hydrogen-bond acceptors (Lipinski definition) is 4. The Morgan fingerprint density at radius 3 is 2.42 bits per heavy atom. The zero-order valence-corrected chi connectivity index (χ0v) is 12.7. The minimum atomic E-state index is -2.86. The van der Waals surface area contributed by atoms with Crippen molar-refractivity contribution >= 4 is 9.84 Å². The van der Waals surface area contributed by atoms with Crippen molar-refractivity contribution in [2.75, 3.05) is 25.2 Å². The second-order valence-corrected chi connectivity index (χ2v) is 6.92. The third-order valence-electron chi connectivity index (χ3n) is 2.83. The summed E-state index contributed by atoms with van der Waals surface area (Å²) in [7, 11) is -2.86. The first-order valence-electron chi connectivity index (χ1n) is 6.56. The molecular weight excluding hydrogens is 262 g/mol. The van der Waals surface area contributed by atoms with E-state index in [1.54, 1.807) is 0 Å². The van der Waals surface area contributed by atoms with E-state index in [1.165, 1.54) is 11.8 Å². The Morgan fingerprint density at radius 2 is 1.89 bits per heavy atom. The van der Waals surface area contributed by atoms with E-state index >= 15 is 0 Å². The molecule has 108 valence electrons. The lowest BCUT2D eigenvalue weighted by molar-refractivity contribution is 0.340. The highest BCUT2D eigenvalue weighted by atomic mass is 32.2. The summed E-state index contributed by atoms with van der Waals surface area (Å²) in [5.41, 5.74) is 1.17. The summed E-state index contributed by atoms with van der Waals surface area (Å²) in [4.78, 5) is 0. The Balaban J connectivity index is 2.38. The molecule has 1 N–H and O–H groups in total. The minimum Gasteiger partial charge on any atom is -0.494 e. The van der Waals surface area contributed by atoms with Gasteiger partial charge in [-0.1, -0.05) is 12.1 Å². The SMILES string of the molecule is CCOc1ccc(C(C)NCCCS(C)(=O)=O)cc1. The quantitative estimate of drug-likeness (QED) is 0.744. The first kappa shape index (κ1) is 16.0. The largest absolute Gasteiger partial charge is 0.494 e. The highest BCUT2D eigenvalue weighted by Gasteiger charge is 2.06. The summed E-state index contributed by atoms with van der Waals surface area (Å²) < 4.78 is 27.4. The summed E-state index contributed by atoms with van der Waals surface area (Å²) >= 11 is 0. The van der Waals surface area contributed by atoms with Crippen molar-refractivity contribution in [2.45, 2.75) is 26.3 Å². The van der Waals surface area contributed by atoms with E-state index in [0.29, 0.717) is 19.6 Å². The van der Waals surface area contributed by atoms with Crippen molar-refractivity contribution in [1.29, 1.82) is 0 Å². The van der Waals surface area contributed by atoms with Gasteiger partial charge in [-0.2, -0.15) is 0 Å². The highest BCUT2D eigenvalue weighted by molar-refractivity contribution is 7.90. The van der Waals surface area contributed by atoms with E-state index in [2.05, 4.69) is 12.2 Å². The number of sulfone groups is 1. The van der Waals surface area contributed by atoms with E-state index in [0.717, 1.165) is 5.75 Å². The van der Waals surface area contributed by atoms with Gasteiger partial charge in [0.05, 0.1) is 12.4 Å². The second kappa shape index (κ2) is 7.50. The molecule has 1 unspecified atom stereocenters. The summed E-state index contributed by atoms with van der Waals surface area (Å²) in [6, 6.07) is 8.16. The summed E-state index contributed by atoms with van der Waals surface area (Å²) in [6.07, 6.45) is 1.91. The molecule has 0 heterocycles. The molecule has 4 nitrogen and oxygen atoms in total. The maximum absolute atomic E-state index is 11.0. The lowest BCUT2D eigenvalue weighted by Gasteiger charge is -2.14. The standard InChI is InChI=1S/C14H23NO3S/c1-4-18-14-8-6-13(7-9-14)12(2)15-10-5-11-19(3,16)17/h6-9,12,15H,4-5,10-11H2,1-3H3. The average Bonchev–Trinajstić information content (AvgIpc) is 2.34. The van der Waals surface area contributed by atoms with Crippen LogP contribution in [-0.4, -0.2) is 33.6 Å². The normalized spacial score (nSPS) is 13.2. The lowest BCUT2D eigenvalue weighted by atomic mass is 10.1. The number of hydrogen-bond donors (Lipinski definition) is 1. The zero-order chi connectivity index (χ0) is 14.3. The van der Waals surface area contributed by atoms with Crippen LogP contribution in [-0.2, 0) is 9.84 Å². The summed E-state index contributed by atoms with van der Waals surface area (Å²) in [5, 5.41) is 3.32. The van der Waals surface area contributed by atoms with Gasteiger partial charge in [0.25, 0.3) is 0 Å². The van der Waals surface area contributed by atoms with Gasteiger partial charge in [-0.3, -0.25) is 0 Å². The third-order valence-corrected chi connectivity index (χ3v) is 3.86. The fraction of sp³-hybridized carbons (Fsp3) is 0.571. The van der Waals surface area contributed by atoms with Gasteiger partial charge in [0.2, 0.25) is 0 Å². The van der Waals surface area contributed by atoms with Crippen LogP contribution in [0.3, 0.4) is 0 Å². The molecule has 0 aliphatic rings. The van der Waals surface area contributed by atoms with Gasteiger partial charge in [0.15, 0.2) is 0 Å². The Morgan fingerprint density at radius 1 is 1.26 bits per heavy atom. The van der Waals surface area contributed by atoms with Crippen LogP contribution >= 0.6 is 0 Å². The zero-order valence-electron chi connectivity index (χ0n) is 11.8. The molecule has 0 aliphatic carbocycles. The first-order chi connectivity index (χ1) is 8.92. The van der Waals surface area contributed by atoms with Crippen LogP contribution in [0.4, 0.5) is 0 Å². The summed E-state index contributed by atoms with van der Waals surface area (Å²) in [6.45, 7) is 5.39. The number of benzene rings is 1. The predicted octanol–water partition coefficient (Wildman–Crippen LogP) is 2.17. The molecule has 1 aromatic rings. The predicted molar refractivity (Wildman–Crippen MR) is 78.4 cm³/mol. The van der Waals surface area contributed by atoms with Crippen LogP contribution in [0.5, 0.6) is 5.75 Å². The molecule has 0 saturated carbocycles. The van der Waals surface area contributed by atoms with E-state index in [1.807, 2.05) is 31.2 Å². The van der Waals surface area contributed by atoms with Gasteiger partial charge < -0.3 is 10.1 Å². The van der Waals surface area contributed by atoms with E-state index in [-0.39, 0.29) is 11.8 Å². The van der Waals surface area contributed by atoms with Gasteiger partial charge in [-0.15, -0.1) is 0 Å².